The fraction of sp³-hybridized carbons (Fsp3) is 0.360. The van der Waals surface area contributed by atoms with E-state index in [2.05, 4.69) is 32.5 Å². The van der Waals surface area contributed by atoms with E-state index in [4.69, 9.17) is 14.6 Å². The highest BCUT2D eigenvalue weighted by Crippen LogP contribution is 2.33. The Morgan fingerprint density at radius 2 is 1.79 bits per heavy atom. The average molecular weight is 535 g/mol. The van der Waals surface area contributed by atoms with Crippen LogP contribution in [0.25, 0.3) is 0 Å². The van der Waals surface area contributed by atoms with Crippen LogP contribution in [0.3, 0.4) is 0 Å². The summed E-state index contributed by atoms with van der Waals surface area (Å²) in [6, 6.07) is 14.0. The molecule has 0 aliphatic carbocycles. The lowest BCUT2D eigenvalue weighted by atomic mass is 9.89. The number of aromatic nitrogens is 3. The Bertz CT molecular complexity index is 1310. The van der Waals surface area contributed by atoms with E-state index in [9.17, 15) is 22.4 Å². The highest BCUT2D eigenvalue weighted by atomic mass is 19.4. The number of fused-ring (bicyclic) bond motifs is 2. The van der Waals surface area contributed by atoms with Crippen molar-refractivity contribution < 1.29 is 37.0 Å². The zero-order valence-corrected chi connectivity index (χ0v) is 20.3. The molecule has 9 nitrogen and oxygen atoms in total. The molecule has 2 aliphatic rings. The number of rotatable bonds is 5. The summed E-state index contributed by atoms with van der Waals surface area (Å²) < 4.78 is 52.4. The minimum atomic E-state index is -5.08. The standard InChI is InChI=1S/C23H24FN5O2.C2HF3O2/c1-31-20-7-2-4-15(8-20)11-28-12-16-9-21-26-27-22(29(21)14-17(16)13-28)23(30)25-19-6-3-5-18(24)10-19;3-2(4,5)1(6)7/h2-8,10,16-17H,9,11-14H2,1H3,(H,25,30);(H,6,7). The van der Waals surface area contributed by atoms with Crippen molar-refractivity contribution in [1.29, 1.82) is 0 Å². The number of amides is 1. The first-order chi connectivity index (χ1) is 18.0. The normalized spacial score (nSPS) is 18.6. The van der Waals surface area contributed by atoms with Gasteiger partial charge in [0.15, 0.2) is 0 Å². The molecule has 1 fully saturated rings. The van der Waals surface area contributed by atoms with E-state index in [0.29, 0.717) is 24.1 Å². The van der Waals surface area contributed by atoms with E-state index >= 15 is 0 Å². The monoisotopic (exact) mass is 535 g/mol. The molecule has 13 heteroatoms. The fourth-order valence-electron chi connectivity index (χ4n) is 4.70. The Morgan fingerprint density at radius 1 is 1.08 bits per heavy atom. The van der Waals surface area contributed by atoms with Crippen LogP contribution in [-0.4, -0.2) is 63.0 Å². The molecule has 1 aromatic heterocycles. The van der Waals surface area contributed by atoms with E-state index in [1.807, 2.05) is 16.7 Å². The van der Waals surface area contributed by atoms with Crippen LogP contribution in [0.4, 0.5) is 23.2 Å². The summed E-state index contributed by atoms with van der Waals surface area (Å²) in [5.74, 6) is -0.587. The van der Waals surface area contributed by atoms with Crippen molar-refractivity contribution in [3.05, 3.63) is 71.6 Å². The summed E-state index contributed by atoms with van der Waals surface area (Å²) in [5.41, 5.74) is 1.63. The predicted molar refractivity (Wildman–Crippen MR) is 127 cm³/mol. The fourth-order valence-corrected chi connectivity index (χ4v) is 4.70. The van der Waals surface area contributed by atoms with Gasteiger partial charge in [0, 0.05) is 38.3 Å². The summed E-state index contributed by atoms with van der Waals surface area (Å²) in [6.07, 6.45) is -4.28. The van der Waals surface area contributed by atoms with Crippen LogP contribution in [-0.2, 0) is 24.3 Å². The van der Waals surface area contributed by atoms with Crippen LogP contribution in [0.15, 0.2) is 48.5 Å². The molecule has 0 bridgehead atoms. The van der Waals surface area contributed by atoms with Crippen LogP contribution in [0.2, 0.25) is 0 Å². The third-order valence-electron chi connectivity index (χ3n) is 6.41. The summed E-state index contributed by atoms with van der Waals surface area (Å²) in [5, 5.41) is 18.2. The zero-order chi connectivity index (χ0) is 27.4. The van der Waals surface area contributed by atoms with Gasteiger partial charge in [-0.3, -0.25) is 9.69 Å². The van der Waals surface area contributed by atoms with E-state index in [1.54, 1.807) is 19.2 Å². The minimum Gasteiger partial charge on any atom is -0.497 e. The topological polar surface area (TPSA) is 110 Å². The van der Waals surface area contributed by atoms with Gasteiger partial charge in [-0.2, -0.15) is 13.2 Å². The Morgan fingerprint density at radius 3 is 2.47 bits per heavy atom. The second kappa shape index (κ2) is 11.2. The number of hydrogen-bond donors (Lipinski definition) is 2. The lowest BCUT2D eigenvalue weighted by Gasteiger charge is -2.25. The molecule has 0 saturated carbocycles. The number of methoxy groups -OCH3 is 1. The number of carboxylic acids is 1. The molecule has 1 amide bonds. The molecule has 2 unspecified atom stereocenters. The molecule has 0 radical (unpaired) electrons. The van der Waals surface area contributed by atoms with Gasteiger partial charge >= 0.3 is 12.1 Å². The first-order valence-electron chi connectivity index (χ1n) is 11.7. The van der Waals surface area contributed by atoms with Crippen molar-refractivity contribution >= 4 is 17.6 Å². The van der Waals surface area contributed by atoms with Gasteiger partial charge in [-0.05, 0) is 47.7 Å². The molecular formula is C25H25F4N5O4. The summed E-state index contributed by atoms with van der Waals surface area (Å²) in [7, 11) is 1.68. The number of nitrogens with one attached hydrogen (secondary N) is 1. The predicted octanol–water partition coefficient (Wildman–Crippen LogP) is 3.62. The molecular weight excluding hydrogens is 510 g/mol. The van der Waals surface area contributed by atoms with Crippen LogP contribution < -0.4 is 10.1 Å². The Labute approximate surface area is 215 Å². The number of alkyl halides is 3. The van der Waals surface area contributed by atoms with E-state index in [0.717, 1.165) is 37.6 Å². The zero-order valence-electron chi connectivity index (χ0n) is 20.3. The van der Waals surface area contributed by atoms with E-state index in [1.165, 1.54) is 17.7 Å². The van der Waals surface area contributed by atoms with Crippen molar-refractivity contribution in [2.24, 2.45) is 11.8 Å². The van der Waals surface area contributed by atoms with Crippen molar-refractivity contribution in [2.75, 3.05) is 25.5 Å². The van der Waals surface area contributed by atoms with Crippen molar-refractivity contribution in [2.45, 2.75) is 25.7 Å². The second-order valence-corrected chi connectivity index (χ2v) is 9.09. The van der Waals surface area contributed by atoms with Crippen molar-refractivity contribution in [3.63, 3.8) is 0 Å². The molecule has 2 aromatic carbocycles. The maximum absolute atomic E-state index is 13.4. The van der Waals surface area contributed by atoms with Gasteiger partial charge in [0.2, 0.25) is 5.82 Å². The van der Waals surface area contributed by atoms with Gasteiger partial charge < -0.3 is 19.7 Å². The minimum absolute atomic E-state index is 0.281. The molecule has 5 rings (SSSR count). The van der Waals surface area contributed by atoms with Crippen LogP contribution in [0.1, 0.15) is 22.0 Å². The van der Waals surface area contributed by atoms with Crippen molar-refractivity contribution in [3.8, 4) is 5.75 Å². The van der Waals surface area contributed by atoms with Gasteiger partial charge in [-0.25, -0.2) is 9.18 Å². The first kappa shape index (κ1) is 27.0. The molecule has 3 aromatic rings. The lowest BCUT2D eigenvalue weighted by Crippen LogP contribution is -2.31. The highest BCUT2D eigenvalue weighted by Gasteiger charge is 2.39. The maximum atomic E-state index is 13.4. The van der Waals surface area contributed by atoms with Gasteiger partial charge in [-0.15, -0.1) is 10.2 Å². The lowest BCUT2D eigenvalue weighted by molar-refractivity contribution is -0.192. The SMILES string of the molecule is COc1cccc(CN2CC3Cc4nnc(C(=O)Nc5cccc(F)c5)n4CC3C2)c1.O=C(O)C(F)(F)F. The number of carbonyl (C=O) groups is 2. The molecule has 2 aliphatic heterocycles. The molecule has 0 spiro atoms. The molecule has 202 valence electrons. The Balaban J connectivity index is 0.000000426. The largest absolute Gasteiger partial charge is 0.497 e. The first-order valence-corrected chi connectivity index (χ1v) is 11.7. The number of carbonyl (C=O) groups excluding carboxylic acids is 1. The number of halogens is 4. The Kier molecular flexibility index (Phi) is 7.95. The van der Waals surface area contributed by atoms with Gasteiger partial charge in [0.05, 0.1) is 7.11 Å². The van der Waals surface area contributed by atoms with Crippen LogP contribution in [0.5, 0.6) is 5.75 Å². The van der Waals surface area contributed by atoms with Crippen LogP contribution >= 0.6 is 0 Å². The molecule has 2 N–H and O–H groups in total. The van der Waals surface area contributed by atoms with Gasteiger partial charge in [0.1, 0.15) is 17.4 Å². The Hall–Kier alpha value is -4.00. The molecule has 2 atom stereocenters. The number of hydrogen-bond acceptors (Lipinski definition) is 6. The van der Waals surface area contributed by atoms with Gasteiger partial charge in [0.25, 0.3) is 5.91 Å². The molecule has 1 saturated heterocycles. The van der Waals surface area contributed by atoms with Crippen LogP contribution in [0, 0.1) is 17.7 Å². The maximum Gasteiger partial charge on any atom is 0.490 e. The quantitative estimate of drug-likeness (QED) is 0.481. The van der Waals surface area contributed by atoms with Crippen molar-refractivity contribution in [1.82, 2.24) is 19.7 Å². The number of anilines is 1. The number of benzene rings is 2. The number of ether oxygens (including phenoxy) is 1. The molecule has 38 heavy (non-hydrogen) atoms. The van der Waals surface area contributed by atoms with Gasteiger partial charge in [-0.1, -0.05) is 18.2 Å². The van der Waals surface area contributed by atoms with E-state index in [-0.39, 0.29) is 11.7 Å². The molecule has 3 heterocycles. The number of aliphatic carboxylic acids is 1. The second-order valence-electron chi connectivity index (χ2n) is 9.09. The smallest absolute Gasteiger partial charge is 0.490 e. The highest BCUT2D eigenvalue weighted by molar-refractivity contribution is 6.01. The number of nitrogens with zero attached hydrogens (tertiary/aromatic N) is 4. The van der Waals surface area contributed by atoms with E-state index < -0.39 is 18.0 Å². The third kappa shape index (κ3) is 6.46. The third-order valence-corrected chi connectivity index (χ3v) is 6.41. The summed E-state index contributed by atoms with van der Waals surface area (Å²) in [6.45, 7) is 3.55. The summed E-state index contributed by atoms with van der Waals surface area (Å²) in [4.78, 5) is 24.1. The number of carboxylic acid groups (broad SMARTS) is 1. The summed E-state index contributed by atoms with van der Waals surface area (Å²) >= 11 is 0. The number of likely N-dealkylation sites (tertiary alicyclic amines) is 1. The average Bonchev–Trinajstić information content (AvgIpc) is 3.45.